The van der Waals surface area contributed by atoms with Gasteiger partial charge in [-0.2, -0.15) is 0 Å². The predicted octanol–water partition coefficient (Wildman–Crippen LogP) is 8.54. The second-order valence-electron chi connectivity index (χ2n) is 10.8. The van der Waals surface area contributed by atoms with Crippen molar-refractivity contribution in [1.82, 2.24) is 0 Å². The van der Waals surface area contributed by atoms with Gasteiger partial charge in [0.2, 0.25) is 5.12 Å². The van der Waals surface area contributed by atoms with Gasteiger partial charge < -0.3 is 0 Å². The smallest absolute Gasteiger partial charge is 0.220 e. The molecule has 1 aliphatic carbocycles. The van der Waals surface area contributed by atoms with Crippen LogP contribution in [0.4, 0.5) is 0 Å². The minimum absolute atomic E-state index is 0.307. The Morgan fingerprint density at radius 3 is 1.68 bits per heavy atom. The average Bonchev–Trinajstić information content (AvgIpc) is 2.59. The van der Waals surface area contributed by atoms with Gasteiger partial charge in [-0.05, 0) is 71.5 Å². The first-order valence-electron chi connectivity index (χ1n) is 11.3. The minimum atomic E-state index is 0.307. The fourth-order valence-electron chi connectivity index (χ4n) is 4.45. The molecule has 1 nitrogen and oxygen atoms in total. The summed E-state index contributed by atoms with van der Waals surface area (Å²) in [4.78, 5) is 13.5. The van der Waals surface area contributed by atoms with E-state index < -0.39 is 0 Å². The summed E-state index contributed by atoms with van der Waals surface area (Å²) >= 11 is 1.62. The second-order valence-corrected chi connectivity index (χ2v) is 12.1. The number of hydrogen-bond donors (Lipinski definition) is 0. The van der Waals surface area contributed by atoms with Crippen molar-refractivity contribution < 1.29 is 4.79 Å². The monoisotopic (exact) mass is 402 g/mol. The number of benzene rings is 1. The molecule has 1 aromatic rings. The molecule has 158 valence electrons. The Morgan fingerprint density at radius 1 is 0.857 bits per heavy atom. The van der Waals surface area contributed by atoms with Crippen molar-refractivity contribution in [3.63, 3.8) is 0 Å². The molecule has 1 saturated carbocycles. The molecule has 1 aliphatic rings. The van der Waals surface area contributed by atoms with Gasteiger partial charge in [0.25, 0.3) is 0 Å². The van der Waals surface area contributed by atoms with E-state index in [1.54, 1.807) is 11.8 Å². The van der Waals surface area contributed by atoms with E-state index in [0.29, 0.717) is 33.5 Å². The molecule has 1 aromatic carbocycles. The summed E-state index contributed by atoms with van der Waals surface area (Å²) in [6, 6.07) is 4.59. The number of carbonyl (C=O) groups is 1. The van der Waals surface area contributed by atoms with Gasteiger partial charge in [0.1, 0.15) is 0 Å². The first kappa shape index (κ1) is 23.5. The highest BCUT2D eigenvalue weighted by atomic mass is 32.2. The standard InChI is InChI=1S/C26H42OS/c1-16(2)19-14-22(17(3)4)24(23(15-19)18(5)6)25(27)28-21-12-10-20(11-13-21)26(7,8)9/h14-18,20-21H,10-13H2,1-9H3. The zero-order chi connectivity index (χ0) is 21.2. The normalized spacial score (nSPS) is 21.0. The molecule has 0 amide bonds. The van der Waals surface area contributed by atoms with Crippen molar-refractivity contribution in [1.29, 1.82) is 0 Å². The van der Waals surface area contributed by atoms with Crippen LogP contribution in [0.5, 0.6) is 0 Å². The van der Waals surface area contributed by atoms with E-state index >= 15 is 0 Å². The van der Waals surface area contributed by atoms with Crippen molar-refractivity contribution in [2.75, 3.05) is 0 Å². The van der Waals surface area contributed by atoms with Crippen LogP contribution in [0.2, 0.25) is 0 Å². The molecule has 28 heavy (non-hydrogen) atoms. The summed E-state index contributed by atoms with van der Waals surface area (Å²) in [6.45, 7) is 20.4. The fraction of sp³-hybridized carbons (Fsp3) is 0.731. The number of rotatable bonds is 5. The van der Waals surface area contributed by atoms with Crippen LogP contribution in [0.25, 0.3) is 0 Å². The Labute approximate surface area is 178 Å². The first-order valence-corrected chi connectivity index (χ1v) is 12.2. The van der Waals surface area contributed by atoms with Crippen LogP contribution in [0.1, 0.15) is 133 Å². The summed E-state index contributed by atoms with van der Waals surface area (Å²) < 4.78 is 0. The summed E-state index contributed by atoms with van der Waals surface area (Å²) in [7, 11) is 0. The lowest BCUT2D eigenvalue weighted by Crippen LogP contribution is -2.27. The van der Waals surface area contributed by atoms with Gasteiger partial charge in [0.15, 0.2) is 0 Å². The summed E-state index contributed by atoms with van der Waals surface area (Å²) in [6.07, 6.45) is 4.87. The van der Waals surface area contributed by atoms with E-state index in [4.69, 9.17) is 0 Å². The quantitative estimate of drug-likeness (QED) is 0.491. The maximum absolute atomic E-state index is 13.5. The highest BCUT2D eigenvalue weighted by molar-refractivity contribution is 8.14. The maximum atomic E-state index is 13.5. The zero-order valence-corrected chi connectivity index (χ0v) is 20.5. The third-order valence-corrected chi connectivity index (χ3v) is 7.73. The first-order chi connectivity index (χ1) is 12.9. The van der Waals surface area contributed by atoms with Gasteiger partial charge in [0, 0.05) is 10.8 Å². The highest BCUT2D eigenvalue weighted by Crippen LogP contribution is 2.42. The van der Waals surface area contributed by atoms with E-state index in [2.05, 4.69) is 74.4 Å². The van der Waals surface area contributed by atoms with Crippen LogP contribution in [0.3, 0.4) is 0 Å². The molecule has 0 spiro atoms. The van der Waals surface area contributed by atoms with Crippen LogP contribution >= 0.6 is 11.8 Å². The van der Waals surface area contributed by atoms with Gasteiger partial charge in [0.05, 0.1) is 0 Å². The van der Waals surface area contributed by atoms with Crippen LogP contribution < -0.4 is 0 Å². The Bertz CT molecular complexity index is 641. The van der Waals surface area contributed by atoms with Gasteiger partial charge in [-0.3, -0.25) is 4.79 Å². The predicted molar refractivity (Wildman–Crippen MR) is 126 cm³/mol. The summed E-state index contributed by atoms with van der Waals surface area (Å²) in [5.41, 5.74) is 5.26. The van der Waals surface area contributed by atoms with E-state index in [0.717, 1.165) is 11.5 Å². The summed E-state index contributed by atoms with van der Waals surface area (Å²) in [5, 5.41) is 0.790. The minimum Gasteiger partial charge on any atom is -0.282 e. The Morgan fingerprint density at radius 2 is 1.32 bits per heavy atom. The average molecular weight is 403 g/mol. The van der Waals surface area contributed by atoms with Crippen molar-refractivity contribution >= 4 is 16.9 Å². The molecule has 0 radical (unpaired) electrons. The SMILES string of the molecule is CC(C)c1cc(C(C)C)c(C(=O)SC2CCC(C(C)(C)C)CC2)c(C(C)C)c1. The molecule has 0 saturated heterocycles. The molecule has 0 heterocycles. The van der Waals surface area contributed by atoms with Crippen LogP contribution in [0, 0.1) is 11.3 Å². The van der Waals surface area contributed by atoms with E-state index in [-0.39, 0.29) is 0 Å². The molecule has 0 N–H and O–H groups in total. The number of hydrogen-bond acceptors (Lipinski definition) is 2. The lowest BCUT2D eigenvalue weighted by Gasteiger charge is -2.36. The molecule has 0 atom stereocenters. The molecule has 0 aliphatic heterocycles. The topological polar surface area (TPSA) is 17.1 Å². The molecule has 0 aromatic heterocycles. The van der Waals surface area contributed by atoms with Gasteiger partial charge >= 0.3 is 0 Å². The third-order valence-electron chi connectivity index (χ3n) is 6.51. The van der Waals surface area contributed by atoms with E-state index in [9.17, 15) is 4.79 Å². The maximum Gasteiger partial charge on any atom is 0.220 e. The molecule has 2 rings (SSSR count). The Balaban J connectivity index is 2.27. The fourth-order valence-corrected chi connectivity index (χ4v) is 5.61. The van der Waals surface area contributed by atoms with Crippen molar-refractivity contribution in [3.05, 3.63) is 34.4 Å². The Hall–Kier alpha value is -0.760. The van der Waals surface area contributed by atoms with Crippen LogP contribution in [-0.2, 0) is 0 Å². The summed E-state index contributed by atoms with van der Waals surface area (Å²) in [5.74, 6) is 2.02. The molecule has 1 fully saturated rings. The van der Waals surface area contributed by atoms with Gasteiger partial charge in [-0.1, -0.05) is 86.2 Å². The number of thioether (sulfide) groups is 1. The van der Waals surface area contributed by atoms with Crippen molar-refractivity contribution in [2.45, 2.75) is 111 Å². The molecule has 2 heteroatoms. The Kier molecular flexibility index (Phi) is 7.87. The van der Waals surface area contributed by atoms with E-state index in [1.807, 2.05) is 0 Å². The lowest BCUT2D eigenvalue weighted by atomic mass is 9.72. The third kappa shape index (κ3) is 5.65. The molecular formula is C26H42OS. The van der Waals surface area contributed by atoms with Gasteiger partial charge in [-0.15, -0.1) is 0 Å². The van der Waals surface area contributed by atoms with E-state index in [1.165, 1.54) is 42.4 Å². The number of carbonyl (C=O) groups excluding carboxylic acids is 1. The lowest BCUT2D eigenvalue weighted by molar-refractivity contribution is 0.108. The largest absolute Gasteiger partial charge is 0.282 e. The van der Waals surface area contributed by atoms with Crippen LogP contribution in [0.15, 0.2) is 12.1 Å². The molecular weight excluding hydrogens is 360 g/mol. The zero-order valence-electron chi connectivity index (χ0n) is 19.7. The second kappa shape index (κ2) is 9.37. The highest BCUT2D eigenvalue weighted by Gasteiger charge is 2.32. The van der Waals surface area contributed by atoms with Crippen LogP contribution in [-0.4, -0.2) is 10.4 Å². The molecule has 0 unspecified atom stereocenters. The van der Waals surface area contributed by atoms with Gasteiger partial charge in [-0.25, -0.2) is 0 Å². The van der Waals surface area contributed by atoms with Crippen molar-refractivity contribution in [2.24, 2.45) is 11.3 Å². The van der Waals surface area contributed by atoms with Crippen molar-refractivity contribution in [3.8, 4) is 0 Å². The molecule has 0 bridgehead atoms.